The summed E-state index contributed by atoms with van der Waals surface area (Å²) in [7, 11) is 0.783. The third kappa shape index (κ3) is 3.01. The van der Waals surface area contributed by atoms with Gasteiger partial charge in [0.2, 0.25) is 11.9 Å². The first-order valence-electron chi connectivity index (χ1n) is 8.26. The van der Waals surface area contributed by atoms with Crippen LogP contribution in [0.4, 0.5) is 35.2 Å². The monoisotopic (exact) mass is 468 g/mol. The van der Waals surface area contributed by atoms with Crippen LogP contribution in [0.25, 0.3) is 0 Å². The molecule has 1 heterocycles. The minimum absolute atomic E-state index is 0.0984. The maximum absolute atomic E-state index is 15.2. The number of rotatable bonds is 2. The van der Waals surface area contributed by atoms with Crippen molar-refractivity contribution in [2.45, 2.75) is 23.3 Å². The van der Waals surface area contributed by atoms with Crippen molar-refractivity contribution < 1.29 is 40.0 Å². The highest BCUT2D eigenvalue weighted by Gasteiger charge is 2.58. The minimum atomic E-state index is -3.11. The number of carbonyl (C=O) groups excluding carboxylic acids is 1. The van der Waals surface area contributed by atoms with Crippen LogP contribution < -0.4 is 0 Å². The molecule has 1 aliphatic heterocycles. The van der Waals surface area contributed by atoms with Crippen LogP contribution in [0.5, 0.6) is 0 Å². The fourth-order valence-corrected chi connectivity index (χ4v) is 3.74. The Morgan fingerprint density at radius 2 is 1.42 bits per heavy atom. The highest BCUT2D eigenvalue weighted by Crippen LogP contribution is 2.50. The summed E-state index contributed by atoms with van der Waals surface area (Å²) >= 11 is 4.23. The first-order chi connectivity index (χ1) is 14.3. The summed E-state index contributed by atoms with van der Waals surface area (Å²) in [5, 5.41) is 6.97. The largest absolute Gasteiger partial charge is 0.283 e. The van der Waals surface area contributed by atoms with Gasteiger partial charge in [-0.25, -0.2) is 30.7 Å². The van der Waals surface area contributed by atoms with E-state index in [9.17, 15) is 35.5 Å². The van der Waals surface area contributed by atoms with Crippen molar-refractivity contribution in [1.82, 2.24) is 10.0 Å². The molecule has 31 heavy (non-hydrogen) atoms. The van der Waals surface area contributed by atoms with Crippen molar-refractivity contribution in [3.05, 3.63) is 64.0 Å². The molecule has 0 bridgehead atoms. The summed E-state index contributed by atoms with van der Waals surface area (Å²) < 4.78 is 115. The number of likely N-dealkylation sites (N-methyl/N-ethyl adjacent to an activating group) is 1. The molecule has 4 nitrogen and oxygen atoms in total. The maximum Gasteiger partial charge on any atom is 0.239 e. The first kappa shape index (κ1) is 22.7. The topological polar surface area (TPSA) is 47.4 Å². The third-order valence-electron chi connectivity index (χ3n) is 5.11. The molecule has 13 heteroatoms. The summed E-state index contributed by atoms with van der Waals surface area (Å²) in [5.41, 5.74) is -6.22. The molecule has 1 amide bonds. The van der Waals surface area contributed by atoms with Gasteiger partial charge in [0.15, 0.2) is 23.3 Å². The number of hydrogen-bond donors (Lipinski definition) is 1. The second-order valence-corrected chi connectivity index (χ2v) is 7.23. The first-order valence-corrected chi connectivity index (χ1v) is 8.67. The molecule has 1 saturated heterocycles. The summed E-state index contributed by atoms with van der Waals surface area (Å²) in [6.07, 6.45) is 0. The third-order valence-corrected chi connectivity index (χ3v) is 5.47. The molecule has 3 rings (SSSR count). The molecular weight excluding hydrogens is 458 g/mol. The lowest BCUT2D eigenvalue weighted by Gasteiger charge is -2.48. The number of amides is 1. The van der Waals surface area contributed by atoms with E-state index in [2.05, 4.69) is 12.6 Å². The Balaban J connectivity index is 2.48. The second-order valence-electron chi connectivity index (χ2n) is 6.83. The highest BCUT2D eigenvalue weighted by atomic mass is 32.1. The molecule has 1 radical (unpaired) electrons. The van der Waals surface area contributed by atoms with E-state index in [1.807, 2.05) is 0 Å². The lowest BCUT2D eigenvalue weighted by molar-refractivity contribution is -0.145. The van der Waals surface area contributed by atoms with Gasteiger partial charge in [-0.15, -0.1) is 0 Å². The summed E-state index contributed by atoms with van der Waals surface area (Å²) in [6, 6.07) is 0.197. The molecule has 2 aromatic carbocycles. The number of hydrogen-bond acceptors (Lipinski definition) is 2. The number of halogens is 8. The zero-order valence-electron chi connectivity index (χ0n) is 15.5. The van der Waals surface area contributed by atoms with Crippen LogP contribution in [0.1, 0.15) is 24.0 Å². The van der Waals surface area contributed by atoms with Crippen molar-refractivity contribution >= 4 is 24.5 Å². The van der Waals surface area contributed by atoms with E-state index in [-0.39, 0.29) is 17.0 Å². The van der Waals surface area contributed by atoms with Crippen LogP contribution >= 0.6 is 12.6 Å². The molecular formula is C18H10F8N3OS. The molecule has 0 spiro atoms. The molecule has 1 N–H and O–H groups in total. The zero-order valence-corrected chi connectivity index (χ0v) is 16.3. The van der Waals surface area contributed by atoms with Gasteiger partial charge in [-0.2, -0.15) is 5.12 Å². The molecule has 1 aliphatic rings. The van der Waals surface area contributed by atoms with Gasteiger partial charge in [0, 0.05) is 24.7 Å². The normalized spacial score (nSPS) is 21.8. The van der Waals surface area contributed by atoms with Crippen molar-refractivity contribution in [2.24, 2.45) is 0 Å². The number of benzene rings is 2. The quantitative estimate of drug-likeness (QED) is 0.391. The smallest absolute Gasteiger partial charge is 0.239 e. The number of nitrogens with zero attached hydrogens (tertiary/aromatic N) is 2. The van der Waals surface area contributed by atoms with Crippen LogP contribution in [0, 0.1) is 46.1 Å². The predicted molar refractivity (Wildman–Crippen MR) is 92.0 cm³/mol. The van der Waals surface area contributed by atoms with Gasteiger partial charge < -0.3 is 0 Å². The van der Waals surface area contributed by atoms with Crippen LogP contribution in [0.3, 0.4) is 0 Å². The van der Waals surface area contributed by atoms with Gasteiger partial charge >= 0.3 is 0 Å². The highest BCUT2D eigenvalue weighted by molar-refractivity contribution is 7.80. The maximum atomic E-state index is 15.2. The number of carbonyl (C=O) groups is 1. The standard InChI is InChI=1S/C18H10F8N3OS/c1-18(9-6(20)3-5(19)4-7(9)21)10(16(30)28(2)17(27)29(18)26)8-11(22)13(24)15(31)14(25)12(8)23/h3-4,10,27H,1-2H3/t10-,18+/m0/s1. The van der Waals surface area contributed by atoms with Crippen LogP contribution in [0.15, 0.2) is 17.0 Å². The molecule has 0 aliphatic carbocycles. The van der Waals surface area contributed by atoms with E-state index in [1.54, 1.807) is 0 Å². The number of nitrogens with one attached hydrogen (secondary N) is 1. The Bertz CT molecular complexity index is 1090. The molecule has 1 fully saturated rings. The molecule has 2 aromatic rings. The van der Waals surface area contributed by atoms with Gasteiger partial charge in [0.25, 0.3) is 0 Å². The lowest BCUT2D eigenvalue weighted by Crippen LogP contribution is -2.62. The molecule has 165 valence electrons. The van der Waals surface area contributed by atoms with E-state index >= 15 is 4.48 Å². The van der Waals surface area contributed by atoms with Crippen molar-refractivity contribution in [3.8, 4) is 0 Å². The molecule has 2 atom stereocenters. The van der Waals surface area contributed by atoms with E-state index < -0.39 is 85.2 Å². The van der Waals surface area contributed by atoms with Crippen LogP contribution in [0.2, 0.25) is 0 Å². The zero-order chi connectivity index (χ0) is 23.6. The average molecular weight is 468 g/mol. The fraction of sp³-hybridized carbons (Fsp3) is 0.222. The molecule has 0 unspecified atom stereocenters. The van der Waals surface area contributed by atoms with E-state index in [1.165, 1.54) is 0 Å². The van der Waals surface area contributed by atoms with Gasteiger partial charge in [0.1, 0.15) is 27.9 Å². The predicted octanol–water partition coefficient (Wildman–Crippen LogP) is 4.81. The van der Waals surface area contributed by atoms with E-state index in [4.69, 9.17) is 5.41 Å². The Morgan fingerprint density at radius 1 is 0.968 bits per heavy atom. The Kier molecular flexibility index (Phi) is 5.37. The molecule has 0 aromatic heterocycles. The van der Waals surface area contributed by atoms with E-state index in [0.29, 0.717) is 6.92 Å². The number of guanidine groups is 1. The fourth-order valence-electron chi connectivity index (χ4n) is 3.56. The summed E-state index contributed by atoms with van der Waals surface area (Å²) in [6.45, 7) is 0.562. The van der Waals surface area contributed by atoms with E-state index in [0.717, 1.165) is 7.05 Å². The lowest BCUT2D eigenvalue weighted by atomic mass is 9.72. The second kappa shape index (κ2) is 7.32. The summed E-state index contributed by atoms with van der Waals surface area (Å²) in [4.78, 5) is 11.6. The van der Waals surface area contributed by atoms with Crippen molar-refractivity contribution in [3.63, 3.8) is 0 Å². The SMILES string of the molecule is CN1C(=N)N(F)[C@](C)(c2c(F)cc(F)cc2F)[C@@H](c2c(F)c(F)c([S])c(F)c2F)C1=O. The van der Waals surface area contributed by atoms with Gasteiger partial charge in [-0.05, 0) is 6.92 Å². The Hall–Kier alpha value is -2.96. The van der Waals surface area contributed by atoms with Gasteiger partial charge in [-0.1, -0.05) is 17.1 Å². The van der Waals surface area contributed by atoms with Crippen molar-refractivity contribution in [1.29, 1.82) is 5.41 Å². The average Bonchev–Trinajstić information content (AvgIpc) is 2.69. The van der Waals surface area contributed by atoms with Gasteiger partial charge in [-0.3, -0.25) is 15.1 Å². The minimum Gasteiger partial charge on any atom is -0.283 e. The van der Waals surface area contributed by atoms with Crippen LogP contribution in [-0.2, 0) is 10.3 Å². The summed E-state index contributed by atoms with van der Waals surface area (Å²) in [5.74, 6) is -19.1. The van der Waals surface area contributed by atoms with Crippen LogP contribution in [-0.4, -0.2) is 28.9 Å². The molecule has 0 saturated carbocycles. The van der Waals surface area contributed by atoms with Gasteiger partial charge in [0.05, 0.1) is 11.5 Å². The Labute approximate surface area is 174 Å². The van der Waals surface area contributed by atoms with Crippen molar-refractivity contribution in [2.75, 3.05) is 7.05 Å². The Morgan fingerprint density at radius 3 is 1.87 bits per heavy atom.